The normalized spacial score (nSPS) is 24.3. The minimum atomic E-state index is -0.0457. The molecule has 0 spiro atoms. The largest absolute Gasteiger partial charge is 0.365 e. The van der Waals surface area contributed by atoms with Gasteiger partial charge in [0, 0.05) is 26.2 Å². The third kappa shape index (κ3) is 4.51. The predicted molar refractivity (Wildman–Crippen MR) is 108 cm³/mol. The molecule has 4 heterocycles. The summed E-state index contributed by atoms with van der Waals surface area (Å²) in [5, 5.41) is 3.32. The summed E-state index contributed by atoms with van der Waals surface area (Å²) in [4.78, 5) is 32.6. The summed E-state index contributed by atoms with van der Waals surface area (Å²) in [7, 11) is 0. The number of hydrogen-bond donors (Lipinski definition) is 2. The molecular formula is C20H29N7O2. The first-order valence-electron chi connectivity index (χ1n) is 10.7. The quantitative estimate of drug-likeness (QED) is 0.720. The van der Waals surface area contributed by atoms with E-state index < -0.39 is 0 Å². The first-order valence-corrected chi connectivity index (χ1v) is 10.7. The maximum absolute atomic E-state index is 12.4. The molecule has 1 atom stereocenters. The van der Waals surface area contributed by atoms with Crippen LogP contribution < -0.4 is 5.32 Å². The van der Waals surface area contributed by atoms with Crippen LogP contribution in [0.15, 0.2) is 12.7 Å². The van der Waals surface area contributed by atoms with Crippen molar-refractivity contribution in [3.63, 3.8) is 0 Å². The summed E-state index contributed by atoms with van der Waals surface area (Å²) in [6.45, 7) is 5.88. The van der Waals surface area contributed by atoms with Crippen molar-refractivity contribution in [3.05, 3.63) is 12.7 Å². The Morgan fingerprint density at radius 2 is 1.93 bits per heavy atom. The fourth-order valence-corrected chi connectivity index (χ4v) is 4.42. The van der Waals surface area contributed by atoms with E-state index in [1.807, 2.05) is 4.90 Å². The van der Waals surface area contributed by atoms with Gasteiger partial charge in [-0.05, 0) is 50.6 Å². The highest BCUT2D eigenvalue weighted by atomic mass is 16.5. The lowest BCUT2D eigenvalue weighted by atomic mass is 9.95. The maximum atomic E-state index is 12.4. The number of carbonyl (C=O) groups is 1. The second kappa shape index (κ2) is 8.23. The van der Waals surface area contributed by atoms with Crippen molar-refractivity contribution in [2.45, 2.75) is 31.8 Å². The third-order valence-corrected chi connectivity index (χ3v) is 6.34. The van der Waals surface area contributed by atoms with Gasteiger partial charge in [0.1, 0.15) is 18.5 Å². The molecule has 2 N–H and O–H groups in total. The Bertz CT molecular complexity index is 844. The Hall–Kier alpha value is -2.26. The Kier molecular flexibility index (Phi) is 5.32. The maximum Gasteiger partial charge on any atom is 0.248 e. The second-order valence-corrected chi connectivity index (χ2v) is 8.62. The predicted octanol–water partition coefficient (Wildman–Crippen LogP) is 1.11. The van der Waals surface area contributed by atoms with E-state index in [9.17, 15) is 4.79 Å². The number of aromatic amines is 1. The summed E-state index contributed by atoms with van der Waals surface area (Å²) < 4.78 is 5.76. The van der Waals surface area contributed by atoms with Gasteiger partial charge in [-0.15, -0.1) is 0 Å². The fourth-order valence-electron chi connectivity index (χ4n) is 4.42. The molecule has 3 aliphatic rings. The molecule has 2 aromatic heterocycles. The van der Waals surface area contributed by atoms with Gasteiger partial charge in [-0.3, -0.25) is 4.79 Å². The van der Waals surface area contributed by atoms with Crippen molar-refractivity contribution >= 4 is 22.9 Å². The van der Waals surface area contributed by atoms with Crippen molar-refractivity contribution in [1.82, 2.24) is 29.7 Å². The highest BCUT2D eigenvalue weighted by Crippen LogP contribution is 2.31. The number of anilines is 1. The molecular weight excluding hydrogens is 370 g/mol. The minimum Gasteiger partial charge on any atom is -0.365 e. The fraction of sp³-hybridized carbons (Fsp3) is 0.700. The summed E-state index contributed by atoms with van der Waals surface area (Å²) in [5.74, 6) is 2.38. The van der Waals surface area contributed by atoms with E-state index in [0.717, 1.165) is 18.0 Å². The van der Waals surface area contributed by atoms with E-state index >= 15 is 0 Å². The van der Waals surface area contributed by atoms with Gasteiger partial charge in [0.25, 0.3) is 0 Å². The SMILES string of the molecule is O=C1CO[C@@H](CNc2ncnc3nc[nH]c23)CN1CC1CCN(CC2CC2)CC1. The van der Waals surface area contributed by atoms with Crippen molar-refractivity contribution < 1.29 is 9.53 Å². The molecule has 1 amide bonds. The van der Waals surface area contributed by atoms with Gasteiger partial charge in [0.05, 0.1) is 12.4 Å². The number of rotatable bonds is 7. The molecule has 0 radical (unpaired) electrons. The van der Waals surface area contributed by atoms with Gasteiger partial charge in [-0.1, -0.05) is 0 Å². The lowest BCUT2D eigenvalue weighted by Crippen LogP contribution is -2.51. The van der Waals surface area contributed by atoms with Gasteiger partial charge < -0.3 is 24.8 Å². The molecule has 9 heteroatoms. The van der Waals surface area contributed by atoms with E-state index in [1.165, 1.54) is 51.6 Å². The average molecular weight is 399 g/mol. The van der Waals surface area contributed by atoms with Crippen LogP contribution in [0.3, 0.4) is 0 Å². The number of ether oxygens (including phenoxy) is 1. The highest BCUT2D eigenvalue weighted by Gasteiger charge is 2.31. The van der Waals surface area contributed by atoms with E-state index in [0.29, 0.717) is 30.5 Å². The molecule has 9 nitrogen and oxygen atoms in total. The molecule has 29 heavy (non-hydrogen) atoms. The molecule has 2 aliphatic heterocycles. The van der Waals surface area contributed by atoms with E-state index in [4.69, 9.17) is 4.74 Å². The Labute approximate surface area is 170 Å². The van der Waals surface area contributed by atoms with Crippen LogP contribution in [0.25, 0.3) is 11.2 Å². The summed E-state index contributed by atoms with van der Waals surface area (Å²) in [6.07, 6.45) is 8.28. The van der Waals surface area contributed by atoms with Crippen molar-refractivity contribution in [3.8, 4) is 0 Å². The van der Waals surface area contributed by atoms with Gasteiger partial charge in [-0.25, -0.2) is 15.0 Å². The first kappa shape index (κ1) is 18.7. The zero-order valence-electron chi connectivity index (χ0n) is 16.7. The lowest BCUT2D eigenvalue weighted by molar-refractivity contribution is -0.149. The molecule has 1 saturated carbocycles. The van der Waals surface area contributed by atoms with Crippen LogP contribution in [-0.4, -0.2) is 87.6 Å². The van der Waals surface area contributed by atoms with Gasteiger partial charge in [0.15, 0.2) is 11.5 Å². The number of imidazole rings is 1. The topological polar surface area (TPSA) is 99.3 Å². The van der Waals surface area contributed by atoms with Crippen LogP contribution in [0.5, 0.6) is 0 Å². The molecule has 2 saturated heterocycles. The first-order chi connectivity index (χ1) is 14.2. The van der Waals surface area contributed by atoms with Gasteiger partial charge >= 0.3 is 0 Å². The van der Waals surface area contributed by atoms with E-state index in [2.05, 4.69) is 30.2 Å². The van der Waals surface area contributed by atoms with Crippen molar-refractivity contribution in [2.24, 2.45) is 11.8 Å². The van der Waals surface area contributed by atoms with E-state index in [-0.39, 0.29) is 18.6 Å². The van der Waals surface area contributed by atoms with Crippen LogP contribution in [0.1, 0.15) is 25.7 Å². The third-order valence-electron chi connectivity index (χ3n) is 6.34. The molecule has 0 unspecified atom stereocenters. The zero-order chi connectivity index (χ0) is 19.6. The number of nitrogens with one attached hydrogen (secondary N) is 2. The molecule has 0 aromatic carbocycles. The monoisotopic (exact) mass is 399 g/mol. The number of nitrogens with zero attached hydrogens (tertiary/aromatic N) is 5. The summed E-state index contributed by atoms with van der Waals surface area (Å²) in [5.41, 5.74) is 1.42. The molecule has 5 rings (SSSR count). The number of fused-ring (bicyclic) bond motifs is 1. The summed E-state index contributed by atoms with van der Waals surface area (Å²) >= 11 is 0. The van der Waals surface area contributed by atoms with Crippen LogP contribution in [0, 0.1) is 11.8 Å². The lowest BCUT2D eigenvalue weighted by Gasteiger charge is -2.38. The molecule has 156 valence electrons. The number of carbonyl (C=O) groups excluding carboxylic acids is 1. The van der Waals surface area contributed by atoms with Crippen LogP contribution in [0.2, 0.25) is 0 Å². The Morgan fingerprint density at radius 3 is 2.76 bits per heavy atom. The van der Waals surface area contributed by atoms with E-state index in [1.54, 1.807) is 6.33 Å². The molecule has 3 fully saturated rings. The zero-order valence-corrected chi connectivity index (χ0v) is 16.7. The van der Waals surface area contributed by atoms with Crippen LogP contribution in [-0.2, 0) is 9.53 Å². The van der Waals surface area contributed by atoms with Crippen molar-refractivity contribution in [2.75, 3.05) is 51.2 Å². The highest BCUT2D eigenvalue weighted by molar-refractivity contribution is 5.82. The average Bonchev–Trinajstić information content (AvgIpc) is 3.42. The number of amides is 1. The second-order valence-electron chi connectivity index (χ2n) is 8.62. The van der Waals surface area contributed by atoms with Crippen LogP contribution >= 0.6 is 0 Å². The smallest absolute Gasteiger partial charge is 0.248 e. The Morgan fingerprint density at radius 1 is 1.10 bits per heavy atom. The number of hydrogen-bond acceptors (Lipinski definition) is 7. The number of piperidine rings is 1. The molecule has 2 aromatic rings. The number of aromatic nitrogens is 4. The van der Waals surface area contributed by atoms with Crippen LogP contribution in [0.4, 0.5) is 5.82 Å². The number of likely N-dealkylation sites (tertiary alicyclic amines) is 1. The Balaban J connectivity index is 1.11. The summed E-state index contributed by atoms with van der Waals surface area (Å²) in [6, 6.07) is 0. The number of morpholine rings is 1. The van der Waals surface area contributed by atoms with Gasteiger partial charge in [0.2, 0.25) is 5.91 Å². The van der Waals surface area contributed by atoms with Gasteiger partial charge in [-0.2, -0.15) is 0 Å². The number of H-pyrrole nitrogens is 1. The molecule has 1 aliphatic carbocycles. The minimum absolute atomic E-state index is 0.0457. The van der Waals surface area contributed by atoms with Crippen molar-refractivity contribution in [1.29, 1.82) is 0 Å². The molecule has 0 bridgehead atoms. The standard InChI is InChI=1S/C20H29N7O2/c28-17-11-29-16(7-21-19-18-20(23-12-22-18)25-13-24-19)10-27(17)9-15-3-5-26(6-4-15)8-14-1-2-14/h12-16H,1-11H2,(H2,21,22,23,24,25)/t16-/m0/s1.